The summed E-state index contributed by atoms with van der Waals surface area (Å²) in [6.07, 6.45) is 10.9. The minimum absolute atomic E-state index is 0.0581. The van der Waals surface area contributed by atoms with Crippen LogP contribution in [0.25, 0.3) is 0 Å². The van der Waals surface area contributed by atoms with Gasteiger partial charge in [-0.25, -0.2) is 18.4 Å². The number of ether oxygens (including phenoxy) is 4. The van der Waals surface area contributed by atoms with Gasteiger partial charge in [0.1, 0.15) is 12.3 Å². The monoisotopic (exact) mass is 554 g/mol. The fraction of sp³-hybridized carbons (Fsp3) is 0.806. The largest absolute Gasteiger partial charge is 0.463 e. The number of halogens is 2. The summed E-state index contributed by atoms with van der Waals surface area (Å²) in [6.45, 7) is 8.49. The van der Waals surface area contributed by atoms with Gasteiger partial charge in [0.15, 0.2) is 0 Å². The van der Waals surface area contributed by atoms with Gasteiger partial charge in [-0.15, -0.1) is 0 Å². The average Bonchev–Trinajstić information content (AvgIpc) is 2.94. The van der Waals surface area contributed by atoms with Gasteiger partial charge in [-0.1, -0.05) is 13.2 Å². The number of unbranched alkanes of at least 4 members (excludes halogenated alkanes) is 1. The Labute approximate surface area is 232 Å². The van der Waals surface area contributed by atoms with Crippen LogP contribution in [0.2, 0.25) is 0 Å². The molecule has 3 aliphatic rings. The molecular weight excluding hydrogens is 506 g/mol. The summed E-state index contributed by atoms with van der Waals surface area (Å²) in [7, 11) is 0. The van der Waals surface area contributed by atoms with Crippen molar-refractivity contribution in [1.29, 1.82) is 0 Å². The predicted octanol–water partition coefficient (Wildman–Crippen LogP) is 6.47. The normalized spacial score (nSPS) is 33.2. The van der Waals surface area contributed by atoms with Gasteiger partial charge in [-0.2, -0.15) is 0 Å². The van der Waals surface area contributed by atoms with E-state index in [1.807, 2.05) is 0 Å². The molecule has 0 radical (unpaired) electrons. The molecule has 0 heterocycles. The van der Waals surface area contributed by atoms with E-state index in [0.717, 1.165) is 69.9 Å². The maximum atomic E-state index is 15.4. The molecule has 3 rings (SSSR count). The highest BCUT2D eigenvalue weighted by Crippen LogP contribution is 2.47. The van der Waals surface area contributed by atoms with Crippen LogP contribution in [-0.4, -0.2) is 62.9 Å². The molecule has 3 saturated carbocycles. The van der Waals surface area contributed by atoms with E-state index < -0.39 is 24.3 Å². The molecule has 0 saturated heterocycles. The zero-order chi connectivity index (χ0) is 28.0. The quantitative estimate of drug-likeness (QED) is 0.131. The van der Waals surface area contributed by atoms with Gasteiger partial charge >= 0.3 is 11.9 Å². The minimum Gasteiger partial charge on any atom is -0.463 e. The molecule has 8 heteroatoms. The molecule has 0 aromatic rings. The Hall–Kier alpha value is -1.80. The molecule has 0 spiro atoms. The van der Waals surface area contributed by atoms with Gasteiger partial charge in [0.05, 0.1) is 32.0 Å². The van der Waals surface area contributed by atoms with E-state index in [4.69, 9.17) is 18.9 Å². The molecule has 3 fully saturated rings. The summed E-state index contributed by atoms with van der Waals surface area (Å²) >= 11 is 0. The standard InChI is InChI=1S/C31H48F2O6/c1-3-30(34)38-17-6-5-16-37-25-13-15-27(29(33)21-25)23-10-14-26(28(32)20-23)22-8-11-24(12-9-22)36-18-7-19-39-31(35)4-2/h3-4,22-29H,1-2,5-21H2. The van der Waals surface area contributed by atoms with Crippen LogP contribution in [-0.2, 0) is 28.5 Å². The van der Waals surface area contributed by atoms with Crippen LogP contribution in [0.4, 0.5) is 8.78 Å². The maximum Gasteiger partial charge on any atom is 0.330 e. The van der Waals surface area contributed by atoms with Crippen molar-refractivity contribution in [3.8, 4) is 0 Å². The number of alkyl halides is 2. The second-order valence-electron chi connectivity index (χ2n) is 11.5. The molecule has 0 aromatic carbocycles. The lowest BCUT2D eigenvalue weighted by atomic mass is 9.65. The Kier molecular flexibility index (Phi) is 13.9. The summed E-state index contributed by atoms with van der Waals surface area (Å²) in [5, 5.41) is 0. The van der Waals surface area contributed by atoms with Gasteiger partial charge in [-0.3, -0.25) is 0 Å². The third-order valence-corrected chi connectivity index (χ3v) is 8.92. The zero-order valence-electron chi connectivity index (χ0n) is 23.4. The molecule has 0 N–H and O–H groups in total. The van der Waals surface area contributed by atoms with Crippen molar-refractivity contribution in [2.75, 3.05) is 26.4 Å². The molecular formula is C31H48F2O6. The molecule has 0 bridgehead atoms. The third-order valence-electron chi connectivity index (χ3n) is 8.92. The molecule has 0 aliphatic heterocycles. The highest BCUT2D eigenvalue weighted by Gasteiger charge is 2.43. The van der Waals surface area contributed by atoms with Crippen molar-refractivity contribution in [1.82, 2.24) is 0 Å². The van der Waals surface area contributed by atoms with Gasteiger partial charge in [-0.05, 0) is 94.3 Å². The van der Waals surface area contributed by atoms with Crippen molar-refractivity contribution in [2.24, 2.45) is 23.7 Å². The van der Waals surface area contributed by atoms with Gasteiger partial charge in [0.2, 0.25) is 0 Å². The Balaban J connectivity index is 1.28. The van der Waals surface area contributed by atoms with Crippen molar-refractivity contribution in [3.63, 3.8) is 0 Å². The number of hydrogen-bond acceptors (Lipinski definition) is 6. The van der Waals surface area contributed by atoms with Crippen LogP contribution in [0.5, 0.6) is 0 Å². The van der Waals surface area contributed by atoms with E-state index in [1.54, 1.807) is 0 Å². The number of esters is 2. The summed E-state index contributed by atoms with van der Waals surface area (Å²) < 4.78 is 52.3. The van der Waals surface area contributed by atoms with E-state index in [9.17, 15) is 9.59 Å². The Bertz CT molecular complexity index is 768. The topological polar surface area (TPSA) is 71.1 Å². The van der Waals surface area contributed by atoms with E-state index in [1.165, 1.54) is 0 Å². The maximum absolute atomic E-state index is 15.4. The van der Waals surface area contributed by atoms with Crippen LogP contribution in [0.3, 0.4) is 0 Å². The van der Waals surface area contributed by atoms with Crippen LogP contribution < -0.4 is 0 Å². The number of carbonyl (C=O) groups excluding carboxylic acids is 2. The molecule has 0 amide bonds. The fourth-order valence-electron chi connectivity index (χ4n) is 6.78. The second-order valence-corrected chi connectivity index (χ2v) is 11.5. The Morgan fingerprint density at radius 2 is 1.10 bits per heavy atom. The van der Waals surface area contributed by atoms with Crippen molar-refractivity contribution in [2.45, 2.75) is 108 Å². The Morgan fingerprint density at radius 1 is 0.615 bits per heavy atom. The number of hydrogen-bond donors (Lipinski definition) is 0. The zero-order valence-corrected chi connectivity index (χ0v) is 23.4. The fourth-order valence-corrected chi connectivity index (χ4v) is 6.78. The SMILES string of the molecule is C=CC(=O)OCCCCOC1CCC(C2CCC(C3CCC(OCCCOC(=O)C=C)CC3)C(F)C2)C(F)C1. The van der Waals surface area contributed by atoms with Crippen LogP contribution in [0.15, 0.2) is 25.3 Å². The van der Waals surface area contributed by atoms with Gasteiger partial charge in [0, 0.05) is 31.6 Å². The molecule has 6 unspecified atom stereocenters. The molecule has 6 nitrogen and oxygen atoms in total. The molecule has 3 aliphatic carbocycles. The summed E-state index contributed by atoms with van der Waals surface area (Å²) in [5.41, 5.74) is 0. The lowest BCUT2D eigenvalue weighted by Crippen LogP contribution is -2.41. The van der Waals surface area contributed by atoms with E-state index in [2.05, 4.69) is 13.2 Å². The third kappa shape index (κ3) is 10.6. The molecule has 222 valence electrons. The molecule has 39 heavy (non-hydrogen) atoms. The van der Waals surface area contributed by atoms with Crippen LogP contribution in [0.1, 0.15) is 83.5 Å². The predicted molar refractivity (Wildman–Crippen MR) is 146 cm³/mol. The average molecular weight is 555 g/mol. The lowest BCUT2D eigenvalue weighted by Gasteiger charge is -2.43. The first-order valence-corrected chi connectivity index (χ1v) is 15.0. The smallest absolute Gasteiger partial charge is 0.330 e. The van der Waals surface area contributed by atoms with E-state index >= 15 is 8.78 Å². The Morgan fingerprint density at radius 3 is 1.74 bits per heavy atom. The van der Waals surface area contributed by atoms with Crippen LogP contribution in [0, 0.1) is 23.7 Å². The second kappa shape index (κ2) is 17.1. The van der Waals surface area contributed by atoms with Crippen molar-refractivity contribution in [3.05, 3.63) is 25.3 Å². The number of rotatable bonds is 15. The lowest BCUT2D eigenvalue weighted by molar-refractivity contribution is -0.139. The highest BCUT2D eigenvalue weighted by atomic mass is 19.1. The molecule has 0 aromatic heterocycles. The highest BCUT2D eigenvalue weighted by molar-refractivity contribution is 5.81. The van der Waals surface area contributed by atoms with E-state index in [0.29, 0.717) is 58.0 Å². The van der Waals surface area contributed by atoms with E-state index in [-0.39, 0.29) is 30.0 Å². The summed E-state index contributed by atoms with van der Waals surface area (Å²) in [5.74, 6) is -0.290. The minimum atomic E-state index is -0.932. The summed E-state index contributed by atoms with van der Waals surface area (Å²) in [4.78, 5) is 22.1. The van der Waals surface area contributed by atoms with Crippen LogP contribution >= 0.6 is 0 Å². The van der Waals surface area contributed by atoms with Gasteiger partial charge < -0.3 is 18.9 Å². The first-order valence-electron chi connectivity index (χ1n) is 15.0. The first-order chi connectivity index (χ1) is 18.9. The molecule has 6 atom stereocenters. The van der Waals surface area contributed by atoms with Crippen molar-refractivity contribution >= 4 is 11.9 Å². The summed E-state index contributed by atoms with van der Waals surface area (Å²) in [6, 6.07) is 0. The van der Waals surface area contributed by atoms with Gasteiger partial charge in [0.25, 0.3) is 0 Å². The van der Waals surface area contributed by atoms with Crippen molar-refractivity contribution < 1.29 is 37.3 Å². The number of carbonyl (C=O) groups is 2. The first kappa shape index (κ1) is 31.7.